The van der Waals surface area contributed by atoms with Crippen LogP contribution in [0.3, 0.4) is 0 Å². The van der Waals surface area contributed by atoms with Gasteiger partial charge in [-0.05, 0) is 46.0 Å². The van der Waals surface area contributed by atoms with Crippen molar-refractivity contribution in [2.24, 2.45) is 22.9 Å². The van der Waals surface area contributed by atoms with Gasteiger partial charge in [0.2, 0.25) is 5.72 Å². The highest BCUT2D eigenvalue weighted by Crippen LogP contribution is 2.55. The first-order valence-electron chi connectivity index (χ1n) is 8.30. The largest absolute Gasteiger partial charge is 0.444 e. The number of likely N-dealkylation sites (tertiary alicyclic amines) is 1. The molecule has 2 unspecified atom stereocenters. The van der Waals surface area contributed by atoms with Crippen LogP contribution in [0, 0.1) is 17.8 Å². The van der Waals surface area contributed by atoms with Gasteiger partial charge in [-0.1, -0.05) is 5.16 Å². The topological polar surface area (TPSA) is 54.4 Å². The van der Waals surface area contributed by atoms with Gasteiger partial charge < -0.3 is 19.4 Å². The molecule has 6 heteroatoms. The number of ether oxygens (including phenoxy) is 1. The number of hydrogen-bond donors (Lipinski definition) is 0. The van der Waals surface area contributed by atoms with Gasteiger partial charge in [0, 0.05) is 32.0 Å². The molecule has 22 heavy (non-hydrogen) atoms. The Morgan fingerprint density at radius 3 is 2.68 bits per heavy atom. The predicted octanol–water partition coefficient (Wildman–Crippen LogP) is 2.25. The molecule has 122 valence electrons. The molecule has 4 rings (SSSR count). The quantitative estimate of drug-likeness (QED) is 0.745. The van der Waals surface area contributed by atoms with Crippen molar-refractivity contribution in [3.8, 4) is 0 Å². The fourth-order valence-electron chi connectivity index (χ4n) is 4.21. The molecule has 0 spiro atoms. The minimum atomic E-state index is -0.427. The number of hydrogen-bond acceptors (Lipinski definition) is 5. The van der Waals surface area contributed by atoms with E-state index in [0.29, 0.717) is 17.8 Å². The molecule has 1 amide bonds. The van der Waals surface area contributed by atoms with Crippen molar-refractivity contribution in [1.82, 2.24) is 9.80 Å². The minimum absolute atomic E-state index is 0.186. The lowest BCUT2D eigenvalue weighted by molar-refractivity contribution is -0.0627. The van der Waals surface area contributed by atoms with Crippen LogP contribution in [0.25, 0.3) is 0 Å². The van der Waals surface area contributed by atoms with E-state index in [4.69, 9.17) is 9.57 Å². The maximum absolute atomic E-state index is 12.1. The molecule has 0 aromatic carbocycles. The van der Waals surface area contributed by atoms with Crippen molar-refractivity contribution < 1.29 is 14.4 Å². The van der Waals surface area contributed by atoms with Gasteiger partial charge in [-0.3, -0.25) is 0 Å². The Kier molecular flexibility index (Phi) is 2.76. The molecule has 0 N–H and O–H groups in total. The number of fused-ring (bicyclic) bond motifs is 2. The lowest BCUT2D eigenvalue weighted by Gasteiger charge is -2.28. The summed E-state index contributed by atoms with van der Waals surface area (Å²) in [6, 6.07) is 0. The zero-order valence-electron chi connectivity index (χ0n) is 13.8. The van der Waals surface area contributed by atoms with Crippen LogP contribution < -0.4 is 0 Å². The SMILES string of the molecule is CC(C)(C)OC(=O)N1C[C@@H]2C(C3=NOC4(C)CCCN34)[C@@H]2C1. The summed E-state index contributed by atoms with van der Waals surface area (Å²) in [6.07, 6.45) is 2.03. The highest BCUT2D eigenvalue weighted by atomic mass is 16.7. The molecule has 3 aliphatic heterocycles. The first-order chi connectivity index (χ1) is 10.3. The third-order valence-corrected chi connectivity index (χ3v) is 5.35. The van der Waals surface area contributed by atoms with Crippen molar-refractivity contribution in [3.63, 3.8) is 0 Å². The molecule has 6 nitrogen and oxygen atoms in total. The van der Waals surface area contributed by atoms with Crippen LogP contribution >= 0.6 is 0 Å². The summed E-state index contributed by atoms with van der Waals surface area (Å²) in [7, 11) is 0. The molecule has 0 bridgehead atoms. The van der Waals surface area contributed by atoms with E-state index in [9.17, 15) is 4.79 Å². The van der Waals surface area contributed by atoms with Gasteiger partial charge in [-0.25, -0.2) is 4.79 Å². The number of nitrogens with zero attached hydrogens (tertiary/aromatic N) is 3. The number of carbonyl (C=O) groups is 1. The van der Waals surface area contributed by atoms with Crippen molar-refractivity contribution in [1.29, 1.82) is 0 Å². The normalized spacial score (nSPS) is 39.3. The molecule has 3 fully saturated rings. The average Bonchev–Trinajstić information content (AvgIpc) is 2.79. The molecule has 2 saturated heterocycles. The van der Waals surface area contributed by atoms with Crippen LogP contribution in [0.1, 0.15) is 40.5 Å². The number of piperidine rings is 1. The van der Waals surface area contributed by atoms with E-state index in [-0.39, 0.29) is 11.8 Å². The molecular formula is C16H25N3O3. The van der Waals surface area contributed by atoms with Crippen LogP contribution in [0.5, 0.6) is 0 Å². The van der Waals surface area contributed by atoms with Gasteiger partial charge >= 0.3 is 6.09 Å². The monoisotopic (exact) mass is 307 g/mol. The second-order valence-electron chi connectivity index (χ2n) is 8.21. The van der Waals surface area contributed by atoms with Gasteiger partial charge in [0.15, 0.2) is 5.84 Å². The third-order valence-electron chi connectivity index (χ3n) is 5.35. The third kappa shape index (κ3) is 2.07. The summed E-state index contributed by atoms with van der Waals surface area (Å²) in [5, 5.41) is 4.37. The van der Waals surface area contributed by atoms with Crippen molar-refractivity contribution in [2.75, 3.05) is 19.6 Å². The summed E-state index contributed by atoms with van der Waals surface area (Å²) >= 11 is 0. The highest BCUT2D eigenvalue weighted by molar-refractivity contribution is 5.89. The smallest absolute Gasteiger partial charge is 0.410 e. The van der Waals surface area contributed by atoms with Gasteiger partial charge in [0.25, 0.3) is 0 Å². The summed E-state index contributed by atoms with van der Waals surface area (Å²) < 4.78 is 5.46. The van der Waals surface area contributed by atoms with Gasteiger partial charge in [-0.15, -0.1) is 0 Å². The van der Waals surface area contributed by atoms with Gasteiger partial charge in [0.1, 0.15) is 5.60 Å². The van der Waals surface area contributed by atoms with Crippen molar-refractivity contribution >= 4 is 11.9 Å². The summed E-state index contributed by atoms with van der Waals surface area (Å²) in [4.78, 5) is 22.0. The van der Waals surface area contributed by atoms with Crippen LogP contribution in [-0.2, 0) is 9.57 Å². The molecule has 0 aromatic heterocycles. The molecular weight excluding hydrogens is 282 g/mol. The first kappa shape index (κ1) is 14.2. The van der Waals surface area contributed by atoms with E-state index < -0.39 is 5.60 Å². The standard InChI is InChI=1S/C16H25N3O3/c1-15(2,3)21-14(20)18-8-10-11(9-18)12(10)13-17-22-16(4)6-5-7-19(13)16/h10-12H,5-9H2,1-4H3/t10-,11+,12?,16?. The zero-order valence-corrected chi connectivity index (χ0v) is 13.8. The maximum Gasteiger partial charge on any atom is 0.410 e. The van der Waals surface area contributed by atoms with E-state index in [2.05, 4.69) is 17.0 Å². The predicted molar refractivity (Wildman–Crippen MR) is 81.1 cm³/mol. The van der Waals surface area contributed by atoms with E-state index >= 15 is 0 Å². The van der Waals surface area contributed by atoms with Crippen LogP contribution in [-0.4, -0.2) is 52.7 Å². The fourth-order valence-corrected chi connectivity index (χ4v) is 4.21. The van der Waals surface area contributed by atoms with E-state index in [1.54, 1.807) is 0 Å². The summed E-state index contributed by atoms with van der Waals surface area (Å²) in [5.41, 5.74) is -0.638. The number of rotatable bonds is 1. The van der Waals surface area contributed by atoms with Gasteiger partial charge in [-0.2, -0.15) is 0 Å². The lowest BCUT2D eigenvalue weighted by atomic mass is 10.1. The molecule has 1 saturated carbocycles. The van der Waals surface area contributed by atoms with Crippen LogP contribution in [0.4, 0.5) is 4.79 Å². The van der Waals surface area contributed by atoms with Gasteiger partial charge in [0.05, 0.1) is 0 Å². The molecule has 4 atom stereocenters. The molecule has 4 aliphatic rings. The highest BCUT2D eigenvalue weighted by Gasteiger charge is 2.63. The Labute approximate surface area is 131 Å². The Bertz CT molecular complexity index is 529. The number of amidine groups is 1. The first-order valence-corrected chi connectivity index (χ1v) is 8.30. The molecule has 0 aromatic rings. The van der Waals surface area contributed by atoms with Crippen LogP contribution in [0.2, 0.25) is 0 Å². The average molecular weight is 307 g/mol. The molecule has 0 radical (unpaired) electrons. The maximum atomic E-state index is 12.1. The lowest BCUT2D eigenvalue weighted by Crippen LogP contribution is -2.43. The Morgan fingerprint density at radius 2 is 2.05 bits per heavy atom. The summed E-state index contributed by atoms with van der Waals surface area (Å²) in [6.45, 7) is 10.5. The van der Waals surface area contributed by atoms with Crippen LogP contribution in [0.15, 0.2) is 5.16 Å². The second-order valence-corrected chi connectivity index (χ2v) is 8.21. The van der Waals surface area contributed by atoms with E-state index in [1.807, 2.05) is 25.7 Å². The minimum Gasteiger partial charge on any atom is -0.444 e. The second kappa shape index (κ2) is 4.30. The summed E-state index contributed by atoms with van der Waals surface area (Å²) in [5.74, 6) is 2.65. The fraction of sp³-hybridized carbons (Fsp3) is 0.875. The number of carbonyl (C=O) groups excluding carboxylic acids is 1. The number of oxime groups is 1. The van der Waals surface area contributed by atoms with Crippen molar-refractivity contribution in [3.05, 3.63) is 0 Å². The van der Waals surface area contributed by atoms with E-state index in [0.717, 1.165) is 31.9 Å². The Hall–Kier alpha value is -1.46. The molecule has 3 heterocycles. The molecule has 1 aliphatic carbocycles. The Balaban J connectivity index is 1.37. The van der Waals surface area contributed by atoms with E-state index in [1.165, 1.54) is 6.42 Å². The number of amides is 1. The zero-order chi connectivity index (χ0) is 15.7. The Morgan fingerprint density at radius 1 is 1.36 bits per heavy atom. The van der Waals surface area contributed by atoms with Crippen molar-refractivity contribution in [2.45, 2.75) is 51.9 Å².